The van der Waals surface area contributed by atoms with E-state index in [-0.39, 0.29) is 19.8 Å². The molecule has 1 aromatic rings. The molecule has 2 amide bonds. The number of nitrogens with one attached hydrogen (secondary N) is 2. The largest absolute Gasteiger partial charge is 0.462 e. The third-order valence-electron chi connectivity index (χ3n) is 2.85. The van der Waals surface area contributed by atoms with Crippen molar-refractivity contribution in [3.05, 3.63) is 35.9 Å². The number of amides is 2. The van der Waals surface area contributed by atoms with Crippen molar-refractivity contribution < 1.29 is 28.6 Å². The molecule has 144 valence electrons. The summed E-state index contributed by atoms with van der Waals surface area (Å²) < 4.78 is 15.0. The van der Waals surface area contributed by atoms with E-state index in [0.29, 0.717) is 0 Å². The topological polar surface area (TPSA) is 103 Å². The molecule has 2 N–H and O–H groups in total. The van der Waals surface area contributed by atoms with Crippen LogP contribution in [-0.4, -0.2) is 43.0 Å². The van der Waals surface area contributed by atoms with Gasteiger partial charge in [-0.15, -0.1) is 0 Å². The van der Waals surface area contributed by atoms with Crippen LogP contribution in [0, 0.1) is 0 Å². The van der Waals surface area contributed by atoms with Gasteiger partial charge in [-0.1, -0.05) is 30.3 Å². The van der Waals surface area contributed by atoms with Crippen LogP contribution in [-0.2, 0) is 25.6 Å². The molecule has 0 radical (unpaired) electrons. The molecule has 0 heterocycles. The summed E-state index contributed by atoms with van der Waals surface area (Å²) in [5, 5.41) is 4.85. The molecule has 1 atom stereocenters. The fourth-order valence-corrected chi connectivity index (χ4v) is 1.74. The molecule has 0 aliphatic rings. The second-order valence-corrected chi connectivity index (χ2v) is 6.65. The normalized spacial score (nSPS) is 11.8. The minimum absolute atomic E-state index is 0.0428. The Balaban J connectivity index is 2.17. The maximum Gasteiger partial charge on any atom is 0.407 e. The third-order valence-corrected chi connectivity index (χ3v) is 2.85. The van der Waals surface area contributed by atoms with Gasteiger partial charge in [0.2, 0.25) is 0 Å². The van der Waals surface area contributed by atoms with Crippen LogP contribution in [0.15, 0.2) is 30.3 Å². The van der Waals surface area contributed by atoms with Gasteiger partial charge in [0, 0.05) is 0 Å². The van der Waals surface area contributed by atoms with Crippen molar-refractivity contribution in [2.24, 2.45) is 0 Å². The van der Waals surface area contributed by atoms with Crippen LogP contribution in [0.1, 0.15) is 33.3 Å². The Morgan fingerprint density at radius 1 is 1.04 bits per heavy atom. The smallest absolute Gasteiger partial charge is 0.407 e. The molecule has 0 spiro atoms. The summed E-state index contributed by atoms with van der Waals surface area (Å²) in [4.78, 5) is 34.7. The summed E-state index contributed by atoms with van der Waals surface area (Å²) >= 11 is 0. The molecule has 0 fully saturated rings. The predicted molar refractivity (Wildman–Crippen MR) is 94.4 cm³/mol. The van der Waals surface area contributed by atoms with E-state index in [1.165, 1.54) is 0 Å². The highest BCUT2D eigenvalue weighted by Gasteiger charge is 2.18. The zero-order valence-corrected chi connectivity index (χ0v) is 15.5. The zero-order chi connectivity index (χ0) is 19.6. The first kappa shape index (κ1) is 21.3. The first-order valence-electron chi connectivity index (χ1n) is 8.25. The monoisotopic (exact) mass is 366 g/mol. The van der Waals surface area contributed by atoms with Crippen LogP contribution in [0.25, 0.3) is 0 Å². The second kappa shape index (κ2) is 10.3. The molecule has 0 saturated heterocycles. The van der Waals surface area contributed by atoms with Crippen LogP contribution in [0.4, 0.5) is 9.59 Å². The summed E-state index contributed by atoms with van der Waals surface area (Å²) in [6.45, 7) is 6.66. The van der Waals surface area contributed by atoms with Gasteiger partial charge in [0.1, 0.15) is 25.4 Å². The lowest BCUT2D eigenvalue weighted by molar-refractivity contribution is -0.143. The quantitative estimate of drug-likeness (QED) is 0.567. The average molecular weight is 366 g/mol. The minimum Gasteiger partial charge on any atom is -0.462 e. The number of hydrogen-bond donors (Lipinski definition) is 2. The summed E-state index contributed by atoms with van der Waals surface area (Å²) in [6.07, 6.45) is -1.31. The lowest BCUT2D eigenvalue weighted by Gasteiger charge is -2.21. The lowest BCUT2D eigenvalue weighted by Crippen LogP contribution is -2.41. The number of esters is 1. The number of carbonyl (C=O) groups is 3. The molecule has 0 aromatic heterocycles. The van der Waals surface area contributed by atoms with E-state index in [4.69, 9.17) is 14.2 Å². The van der Waals surface area contributed by atoms with Gasteiger partial charge < -0.3 is 24.8 Å². The van der Waals surface area contributed by atoms with Crippen molar-refractivity contribution in [2.45, 2.75) is 45.9 Å². The number of alkyl carbamates (subject to hydrolysis) is 2. The summed E-state index contributed by atoms with van der Waals surface area (Å²) in [5.41, 5.74) is 0.233. The molecular formula is C18H26N2O6. The van der Waals surface area contributed by atoms with Gasteiger partial charge >= 0.3 is 18.2 Å². The molecule has 0 bridgehead atoms. The van der Waals surface area contributed by atoms with E-state index in [9.17, 15) is 14.4 Å². The number of rotatable bonds is 7. The molecule has 8 heteroatoms. The molecule has 1 aromatic carbocycles. The van der Waals surface area contributed by atoms with Gasteiger partial charge in [0.15, 0.2) is 0 Å². The van der Waals surface area contributed by atoms with Crippen LogP contribution >= 0.6 is 0 Å². The van der Waals surface area contributed by atoms with Crippen LogP contribution in [0.5, 0.6) is 0 Å². The number of ether oxygens (including phenoxy) is 3. The Labute approximate surface area is 153 Å². The third kappa shape index (κ3) is 10.2. The molecule has 1 unspecified atom stereocenters. The Bertz CT molecular complexity index is 597. The van der Waals surface area contributed by atoms with Crippen molar-refractivity contribution in [1.29, 1.82) is 0 Å². The van der Waals surface area contributed by atoms with Gasteiger partial charge in [0.25, 0.3) is 0 Å². The van der Waals surface area contributed by atoms with Crippen molar-refractivity contribution >= 4 is 18.2 Å². The van der Waals surface area contributed by atoms with Crippen LogP contribution in [0.2, 0.25) is 0 Å². The zero-order valence-electron chi connectivity index (χ0n) is 15.5. The minimum atomic E-state index is -0.717. The fourth-order valence-electron chi connectivity index (χ4n) is 1.74. The van der Waals surface area contributed by atoms with Crippen molar-refractivity contribution in [1.82, 2.24) is 10.6 Å². The van der Waals surface area contributed by atoms with Gasteiger partial charge in [-0.3, -0.25) is 4.79 Å². The standard InChI is InChI=1S/C18H26N2O6/c1-13(20-17(23)26-18(2,3)4)11-24-15(21)10-19-16(22)25-12-14-8-6-5-7-9-14/h5-9,13H,10-12H2,1-4H3,(H,19,22)(H,20,23). The number of carbonyl (C=O) groups excluding carboxylic acids is 3. The summed E-state index contributed by atoms with van der Waals surface area (Å²) in [7, 11) is 0. The van der Waals surface area contributed by atoms with E-state index in [1.54, 1.807) is 27.7 Å². The molecule has 8 nitrogen and oxygen atoms in total. The first-order valence-corrected chi connectivity index (χ1v) is 8.25. The van der Waals surface area contributed by atoms with Crippen molar-refractivity contribution in [3.63, 3.8) is 0 Å². The number of benzene rings is 1. The lowest BCUT2D eigenvalue weighted by atomic mass is 10.2. The van der Waals surface area contributed by atoms with E-state index < -0.39 is 29.8 Å². The molecule has 0 saturated carbocycles. The van der Waals surface area contributed by atoms with Crippen LogP contribution < -0.4 is 10.6 Å². The Hall–Kier alpha value is -2.77. The average Bonchev–Trinajstić information content (AvgIpc) is 2.55. The highest BCUT2D eigenvalue weighted by molar-refractivity contribution is 5.77. The van der Waals surface area contributed by atoms with Gasteiger partial charge in [0.05, 0.1) is 6.04 Å². The van der Waals surface area contributed by atoms with E-state index in [0.717, 1.165) is 5.56 Å². The molecular weight excluding hydrogens is 340 g/mol. The van der Waals surface area contributed by atoms with Gasteiger partial charge in [-0.05, 0) is 33.3 Å². The molecule has 26 heavy (non-hydrogen) atoms. The van der Waals surface area contributed by atoms with Gasteiger partial charge in [-0.2, -0.15) is 0 Å². The van der Waals surface area contributed by atoms with Crippen LogP contribution in [0.3, 0.4) is 0 Å². The SMILES string of the molecule is CC(COC(=O)CNC(=O)OCc1ccccc1)NC(=O)OC(C)(C)C. The maximum absolute atomic E-state index is 11.6. The second-order valence-electron chi connectivity index (χ2n) is 6.65. The van der Waals surface area contributed by atoms with E-state index >= 15 is 0 Å². The Kier molecular flexibility index (Phi) is 8.41. The molecule has 0 aliphatic heterocycles. The summed E-state index contributed by atoms with van der Waals surface area (Å²) in [6, 6.07) is 8.74. The van der Waals surface area contributed by atoms with Crippen molar-refractivity contribution in [2.75, 3.05) is 13.2 Å². The van der Waals surface area contributed by atoms with E-state index in [1.807, 2.05) is 30.3 Å². The fraction of sp³-hybridized carbons (Fsp3) is 0.500. The molecule has 1 rings (SSSR count). The van der Waals surface area contributed by atoms with Gasteiger partial charge in [-0.25, -0.2) is 9.59 Å². The highest BCUT2D eigenvalue weighted by Crippen LogP contribution is 2.06. The number of hydrogen-bond acceptors (Lipinski definition) is 6. The maximum atomic E-state index is 11.6. The Morgan fingerprint density at radius 3 is 2.31 bits per heavy atom. The molecule has 0 aliphatic carbocycles. The van der Waals surface area contributed by atoms with E-state index in [2.05, 4.69) is 10.6 Å². The summed E-state index contributed by atoms with van der Waals surface area (Å²) in [5.74, 6) is -0.639. The Morgan fingerprint density at radius 2 is 1.69 bits per heavy atom. The predicted octanol–water partition coefficient (Wildman–Crippen LogP) is 2.37. The first-order chi connectivity index (χ1) is 12.2. The van der Waals surface area contributed by atoms with Crippen molar-refractivity contribution in [3.8, 4) is 0 Å². The highest BCUT2D eigenvalue weighted by atomic mass is 16.6.